The molecule has 1 N–H and O–H groups in total. The number of nitrogens with zero attached hydrogens (tertiary/aromatic N) is 1. The van der Waals surface area contributed by atoms with Gasteiger partial charge in [0.25, 0.3) is 0 Å². The van der Waals surface area contributed by atoms with Crippen LogP contribution < -0.4 is 10.7 Å². The van der Waals surface area contributed by atoms with Crippen molar-refractivity contribution in [3.63, 3.8) is 0 Å². The zero-order valence-corrected chi connectivity index (χ0v) is 15.8. The van der Waals surface area contributed by atoms with E-state index in [0.717, 1.165) is 10.9 Å². The molecule has 5 rings (SSSR count). The molecule has 0 amide bonds. The molecule has 0 spiro atoms. The number of aromatic nitrogens is 2. The van der Waals surface area contributed by atoms with Gasteiger partial charge in [-0.15, -0.1) is 0 Å². The predicted molar refractivity (Wildman–Crippen MR) is 108 cm³/mol. The van der Waals surface area contributed by atoms with Crippen molar-refractivity contribution in [2.24, 2.45) is 0 Å². The first-order valence-electron chi connectivity index (χ1n) is 9.03. The summed E-state index contributed by atoms with van der Waals surface area (Å²) in [6, 6.07) is 16.5. The molecular weight excluding hydrogens is 375 g/mol. The Bertz CT molecular complexity index is 1290. The van der Waals surface area contributed by atoms with E-state index in [0.29, 0.717) is 34.8 Å². The molecule has 1 saturated heterocycles. The highest BCUT2D eigenvalue weighted by atomic mass is 31.2. The van der Waals surface area contributed by atoms with Crippen LogP contribution >= 0.6 is 7.60 Å². The number of fused-ring (bicyclic) bond motifs is 3. The van der Waals surface area contributed by atoms with Gasteiger partial charge in [-0.3, -0.25) is 18.9 Å². The summed E-state index contributed by atoms with van der Waals surface area (Å²) in [7, 11) is -3.50. The van der Waals surface area contributed by atoms with Crippen LogP contribution in [0.5, 0.6) is 0 Å². The Balaban J connectivity index is 1.57. The fraction of sp³-hybridized carbons (Fsp3) is 0.143. The van der Waals surface area contributed by atoms with Gasteiger partial charge in [0.1, 0.15) is 0 Å². The number of pyridine rings is 2. The summed E-state index contributed by atoms with van der Waals surface area (Å²) in [5.74, 6) is 0. The van der Waals surface area contributed by atoms with Crippen molar-refractivity contribution in [3.05, 3.63) is 82.8 Å². The highest BCUT2D eigenvalue weighted by Crippen LogP contribution is 2.55. The highest BCUT2D eigenvalue weighted by Gasteiger charge is 2.36. The van der Waals surface area contributed by atoms with E-state index in [1.807, 2.05) is 30.3 Å². The zero-order chi connectivity index (χ0) is 19.1. The van der Waals surface area contributed by atoms with Crippen LogP contribution in [-0.2, 0) is 13.6 Å². The van der Waals surface area contributed by atoms with Gasteiger partial charge in [0.05, 0.1) is 29.0 Å². The molecule has 2 aromatic carbocycles. The lowest BCUT2D eigenvalue weighted by atomic mass is 10.1. The van der Waals surface area contributed by atoms with E-state index in [2.05, 4.69) is 9.97 Å². The van der Waals surface area contributed by atoms with Crippen LogP contribution in [0.4, 0.5) is 0 Å². The predicted octanol–water partition coefficient (Wildman–Crippen LogP) is 4.07. The zero-order valence-electron chi connectivity index (χ0n) is 14.9. The van der Waals surface area contributed by atoms with E-state index in [9.17, 15) is 9.36 Å². The summed E-state index contributed by atoms with van der Waals surface area (Å²) in [5.41, 5.74) is 2.20. The molecule has 1 fully saturated rings. The average molecular weight is 392 g/mol. The number of benzene rings is 2. The van der Waals surface area contributed by atoms with Crippen LogP contribution in [0.2, 0.25) is 0 Å². The first-order valence-corrected chi connectivity index (χ1v) is 10.6. The Morgan fingerprint density at radius 1 is 1.11 bits per heavy atom. The first-order chi connectivity index (χ1) is 13.6. The van der Waals surface area contributed by atoms with E-state index in [1.165, 1.54) is 12.3 Å². The minimum Gasteiger partial charge on any atom is -0.359 e. The molecule has 2 atom stereocenters. The van der Waals surface area contributed by atoms with Gasteiger partial charge in [-0.2, -0.15) is 0 Å². The normalized spacial score (nSPS) is 22.5. The molecule has 3 heterocycles. The monoisotopic (exact) mass is 392 g/mol. The van der Waals surface area contributed by atoms with E-state index in [-0.39, 0.29) is 11.5 Å². The number of aromatic amines is 1. The maximum Gasteiger partial charge on any atom is 0.363 e. The third kappa shape index (κ3) is 2.87. The topological polar surface area (TPSA) is 81.3 Å². The van der Waals surface area contributed by atoms with Gasteiger partial charge in [-0.25, -0.2) is 0 Å². The van der Waals surface area contributed by atoms with Gasteiger partial charge >= 0.3 is 7.60 Å². The van der Waals surface area contributed by atoms with Crippen LogP contribution in [0, 0.1) is 0 Å². The minimum absolute atomic E-state index is 0.0704. The third-order valence-electron chi connectivity index (χ3n) is 4.96. The van der Waals surface area contributed by atoms with E-state index < -0.39 is 7.60 Å². The molecule has 28 heavy (non-hydrogen) atoms. The maximum absolute atomic E-state index is 13.4. The van der Waals surface area contributed by atoms with E-state index >= 15 is 0 Å². The molecular formula is C21H17N2O4P. The summed E-state index contributed by atoms with van der Waals surface area (Å²) in [5, 5.41) is 1.74. The van der Waals surface area contributed by atoms with Crippen molar-refractivity contribution in [2.75, 3.05) is 6.61 Å². The molecule has 6 nitrogen and oxygen atoms in total. The number of nitrogens with one attached hydrogen (secondary N) is 1. The van der Waals surface area contributed by atoms with Gasteiger partial charge in [0, 0.05) is 35.7 Å². The molecule has 140 valence electrons. The molecule has 0 saturated carbocycles. The lowest BCUT2D eigenvalue weighted by molar-refractivity contribution is 0.0875. The number of rotatable bonds is 2. The van der Waals surface area contributed by atoms with Crippen molar-refractivity contribution < 1.29 is 13.6 Å². The summed E-state index contributed by atoms with van der Waals surface area (Å²) < 4.78 is 25.0. The second-order valence-electron chi connectivity index (χ2n) is 6.72. The van der Waals surface area contributed by atoms with Crippen molar-refractivity contribution in [2.45, 2.75) is 12.5 Å². The Morgan fingerprint density at radius 2 is 1.96 bits per heavy atom. The third-order valence-corrected chi connectivity index (χ3v) is 6.89. The maximum atomic E-state index is 13.4. The van der Waals surface area contributed by atoms with Crippen molar-refractivity contribution in [1.29, 1.82) is 0 Å². The second-order valence-corrected chi connectivity index (χ2v) is 8.70. The van der Waals surface area contributed by atoms with Crippen molar-refractivity contribution >= 4 is 34.7 Å². The first kappa shape index (κ1) is 17.3. The summed E-state index contributed by atoms with van der Waals surface area (Å²) >= 11 is 0. The molecule has 4 aromatic rings. The Labute approximate surface area is 160 Å². The molecule has 1 aliphatic heterocycles. The number of hydrogen-bond donors (Lipinski definition) is 1. The van der Waals surface area contributed by atoms with E-state index in [1.54, 1.807) is 24.4 Å². The lowest BCUT2D eigenvalue weighted by Gasteiger charge is -2.30. The average Bonchev–Trinajstić information content (AvgIpc) is 2.74. The second kappa shape index (κ2) is 6.67. The largest absolute Gasteiger partial charge is 0.363 e. The SMILES string of the molecule is O=c1cc[nH]c2c1ccc1cc(P3(=O)OCCC(c4ccccc4)O3)cnc12. The molecule has 0 aliphatic carbocycles. The quantitative estimate of drug-likeness (QED) is 0.411. The molecule has 2 aromatic heterocycles. The fourth-order valence-corrected chi connectivity index (χ4v) is 5.28. The minimum atomic E-state index is -3.50. The van der Waals surface area contributed by atoms with Crippen LogP contribution in [0.25, 0.3) is 21.8 Å². The van der Waals surface area contributed by atoms with Crippen molar-refractivity contribution in [1.82, 2.24) is 9.97 Å². The Hall–Kier alpha value is -2.79. The Morgan fingerprint density at radius 3 is 2.82 bits per heavy atom. The lowest BCUT2D eigenvalue weighted by Crippen LogP contribution is -2.20. The summed E-state index contributed by atoms with van der Waals surface area (Å²) in [6.45, 7) is 0.347. The van der Waals surface area contributed by atoms with Crippen LogP contribution in [-0.4, -0.2) is 16.6 Å². The van der Waals surface area contributed by atoms with Crippen LogP contribution in [0.3, 0.4) is 0 Å². The molecule has 0 bridgehead atoms. The summed E-state index contributed by atoms with van der Waals surface area (Å²) in [4.78, 5) is 19.6. The molecule has 0 radical (unpaired) electrons. The van der Waals surface area contributed by atoms with Gasteiger partial charge in [-0.1, -0.05) is 36.4 Å². The van der Waals surface area contributed by atoms with Gasteiger partial charge < -0.3 is 9.51 Å². The van der Waals surface area contributed by atoms with Crippen LogP contribution in [0.1, 0.15) is 18.1 Å². The number of hydrogen-bond acceptors (Lipinski definition) is 5. The molecule has 1 aliphatic rings. The van der Waals surface area contributed by atoms with Gasteiger partial charge in [-0.05, 0) is 17.7 Å². The van der Waals surface area contributed by atoms with Crippen LogP contribution in [0.15, 0.2) is 71.8 Å². The van der Waals surface area contributed by atoms with E-state index in [4.69, 9.17) is 9.05 Å². The smallest absolute Gasteiger partial charge is 0.359 e. The Kier molecular flexibility index (Phi) is 4.13. The standard InChI is InChI=1S/C21H17N2O4P/c24-18-8-10-22-21-17(18)7-6-15-12-16(13-23-20(15)21)28(25)26-11-9-19(27-28)14-4-2-1-3-5-14/h1-8,10,12-13,19H,9,11H2,(H,22,24). The van der Waals surface area contributed by atoms with Crippen molar-refractivity contribution in [3.8, 4) is 0 Å². The summed E-state index contributed by atoms with van der Waals surface area (Å²) in [6.07, 6.45) is 3.46. The van der Waals surface area contributed by atoms with Gasteiger partial charge in [0.15, 0.2) is 5.43 Å². The molecule has 7 heteroatoms. The highest BCUT2D eigenvalue weighted by molar-refractivity contribution is 7.62. The number of H-pyrrole nitrogens is 1. The van der Waals surface area contributed by atoms with Gasteiger partial charge in [0.2, 0.25) is 0 Å². The fourth-order valence-electron chi connectivity index (χ4n) is 3.54. The molecule has 2 unspecified atom stereocenters.